The number of pyridine rings is 1. The van der Waals surface area contributed by atoms with Gasteiger partial charge in [-0.05, 0) is 38.1 Å². The molecule has 5 nitrogen and oxygen atoms in total. The van der Waals surface area contributed by atoms with Crippen LogP contribution in [-0.4, -0.2) is 23.2 Å². The molecule has 0 bridgehead atoms. The van der Waals surface area contributed by atoms with Gasteiger partial charge in [0.05, 0.1) is 0 Å². The summed E-state index contributed by atoms with van der Waals surface area (Å²) < 4.78 is 0. The molecule has 1 aromatic carbocycles. The summed E-state index contributed by atoms with van der Waals surface area (Å²) in [6.45, 7) is 5.94. The van der Waals surface area contributed by atoms with Gasteiger partial charge in [-0.15, -0.1) is 10.2 Å². The third-order valence-corrected chi connectivity index (χ3v) is 3.00. The highest BCUT2D eigenvalue weighted by Crippen LogP contribution is 2.31. The van der Waals surface area contributed by atoms with Gasteiger partial charge in [0.1, 0.15) is 11.4 Å². The van der Waals surface area contributed by atoms with E-state index in [1.54, 1.807) is 24.4 Å². The highest BCUT2D eigenvalue weighted by Gasteiger charge is 2.06. The van der Waals surface area contributed by atoms with E-state index in [4.69, 9.17) is 0 Å². The quantitative estimate of drug-likeness (QED) is 0.834. The molecule has 0 radical (unpaired) electrons. The van der Waals surface area contributed by atoms with Gasteiger partial charge in [0.25, 0.3) is 0 Å². The SMILES string of the molecule is CCN(CC)c1ccc(/N=N/c2ccccn2)c(O)c1. The van der Waals surface area contributed by atoms with E-state index in [2.05, 4.69) is 34.0 Å². The van der Waals surface area contributed by atoms with Crippen LogP contribution in [0, 0.1) is 0 Å². The van der Waals surface area contributed by atoms with Crippen molar-refractivity contribution in [2.45, 2.75) is 13.8 Å². The molecule has 0 aliphatic carbocycles. The molecule has 2 aromatic rings. The molecule has 5 heteroatoms. The Morgan fingerprint density at radius 3 is 2.50 bits per heavy atom. The van der Waals surface area contributed by atoms with E-state index in [-0.39, 0.29) is 5.75 Å². The molecule has 2 rings (SSSR count). The number of phenolic OH excluding ortho intramolecular Hbond substituents is 1. The number of rotatable bonds is 5. The van der Waals surface area contributed by atoms with Gasteiger partial charge >= 0.3 is 0 Å². The van der Waals surface area contributed by atoms with Crippen LogP contribution in [0.25, 0.3) is 0 Å². The first-order chi connectivity index (χ1) is 9.74. The molecule has 0 aliphatic rings. The zero-order chi connectivity index (χ0) is 14.4. The number of anilines is 1. The number of phenols is 1. The third-order valence-electron chi connectivity index (χ3n) is 3.00. The minimum Gasteiger partial charge on any atom is -0.506 e. The average molecular weight is 270 g/mol. The first-order valence-electron chi connectivity index (χ1n) is 6.65. The molecule has 0 atom stereocenters. The highest BCUT2D eigenvalue weighted by molar-refractivity contribution is 5.61. The maximum Gasteiger partial charge on any atom is 0.174 e. The Morgan fingerprint density at radius 1 is 1.10 bits per heavy atom. The van der Waals surface area contributed by atoms with E-state index in [1.165, 1.54) is 0 Å². The van der Waals surface area contributed by atoms with Crippen LogP contribution in [-0.2, 0) is 0 Å². The van der Waals surface area contributed by atoms with Gasteiger partial charge in [-0.2, -0.15) is 0 Å². The number of aromatic nitrogens is 1. The summed E-state index contributed by atoms with van der Waals surface area (Å²) >= 11 is 0. The molecule has 1 heterocycles. The van der Waals surface area contributed by atoms with Gasteiger partial charge in [0, 0.05) is 31.0 Å². The van der Waals surface area contributed by atoms with Gasteiger partial charge in [0.2, 0.25) is 0 Å². The molecule has 0 spiro atoms. The lowest BCUT2D eigenvalue weighted by molar-refractivity contribution is 0.476. The van der Waals surface area contributed by atoms with Crippen molar-refractivity contribution in [2.24, 2.45) is 10.2 Å². The first-order valence-corrected chi connectivity index (χ1v) is 6.65. The second-order valence-corrected chi connectivity index (χ2v) is 4.23. The van der Waals surface area contributed by atoms with Crippen LogP contribution < -0.4 is 4.90 Å². The topological polar surface area (TPSA) is 61.1 Å². The van der Waals surface area contributed by atoms with Crippen LogP contribution in [0.15, 0.2) is 52.8 Å². The summed E-state index contributed by atoms with van der Waals surface area (Å²) in [6, 6.07) is 10.8. The summed E-state index contributed by atoms with van der Waals surface area (Å²) in [5.41, 5.74) is 1.41. The number of hydrogen-bond donors (Lipinski definition) is 1. The molecule has 1 aromatic heterocycles. The summed E-state index contributed by atoms with van der Waals surface area (Å²) in [7, 11) is 0. The molecule has 20 heavy (non-hydrogen) atoms. The molecule has 1 N–H and O–H groups in total. The zero-order valence-corrected chi connectivity index (χ0v) is 11.7. The zero-order valence-electron chi connectivity index (χ0n) is 11.7. The lowest BCUT2D eigenvalue weighted by atomic mass is 10.2. The maximum absolute atomic E-state index is 10.0. The summed E-state index contributed by atoms with van der Waals surface area (Å²) in [5.74, 6) is 0.633. The Labute approximate surface area is 118 Å². The van der Waals surface area contributed by atoms with Crippen LogP contribution in [0.1, 0.15) is 13.8 Å². The van der Waals surface area contributed by atoms with Crippen molar-refractivity contribution in [3.63, 3.8) is 0 Å². The van der Waals surface area contributed by atoms with Crippen LogP contribution in [0.3, 0.4) is 0 Å². The van der Waals surface area contributed by atoms with Crippen molar-refractivity contribution in [1.29, 1.82) is 0 Å². The predicted octanol–water partition coefficient (Wildman–Crippen LogP) is 4.05. The number of azo groups is 1. The standard InChI is InChI=1S/C15H18N4O/c1-3-19(4-2)12-8-9-13(14(20)11-12)17-18-15-7-5-6-10-16-15/h5-11,20H,3-4H2,1-2H3/b18-17+. The van der Waals surface area contributed by atoms with E-state index in [0.29, 0.717) is 11.5 Å². The summed E-state index contributed by atoms with van der Waals surface area (Å²) in [5, 5.41) is 18.0. The second kappa shape index (κ2) is 6.65. The van der Waals surface area contributed by atoms with Crippen molar-refractivity contribution in [3.8, 4) is 5.75 Å². The minimum atomic E-state index is 0.120. The normalized spacial score (nSPS) is 10.9. The molecule has 0 unspecified atom stereocenters. The van der Waals surface area contributed by atoms with Crippen molar-refractivity contribution < 1.29 is 5.11 Å². The smallest absolute Gasteiger partial charge is 0.174 e. The Bertz CT molecular complexity index is 580. The fourth-order valence-corrected chi connectivity index (χ4v) is 1.90. The molecule has 0 aliphatic heterocycles. The molecule has 0 saturated heterocycles. The van der Waals surface area contributed by atoms with E-state index in [0.717, 1.165) is 18.8 Å². The van der Waals surface area contributed by atoms with E-state index in [9.17, 15) is 5.11 Å². The maximum atomic E-state index is 10.0. The van der Waals surface area contributed by atoms with Gasteiger partial charge < -0.3 is 10.0 Å². The van der Waals surface area contributed by atoms with Crippen molar-refractivity contribution in [2.75, 3.05) is 18.0 Å². The van der Waals surface area contributed by atoms with Crippen molar-refractivity contribution >= 4 is 17.2 Å². The Kier molecular flexibility index (Phi) is 4.65. The molecule has 0 amide bonds. The first kappa shape index (κ1) is 14.0. The van der Waals surface area contributed by atoms with E-state index in [1.807, 2.05) is 18.2 Å². The Morgan fingerprint density at radius 2 is 1.90 bits per heavy atom. The minimum absolute atomic E-state index is 0.120. The molecular weight excluding hydrogens is 252 g/mol. The van der Waals surface area contributed by atoms with Gasteiger partial charge in [-0.25, -0.2) is 4.98 Å². The van der Waals surface area contributed by atoms with Crippen LogP contribution in [0.4, 0.5) is 17.2 Å². The fourth-order valence-electron chi connectivity index (χ4n) is 1.90. The average Bonchev–Trinajstić information content (AvgIpc) is 2.49. The lowest BCUT2D eigenvalue weighted by Crippen LogP contribution is -2.21. The predicted molar refractivity (Wildman–Crippen MR) is 80.1 cm³/mol. The van der Waals surface area contributed by atoms with Crippen molar-refractivity contribution in [1.82, 2.24) is 4.98 Å². The Hall–Kier alpha value is -2.43. The third kappa shape index (κ3) is 3.32. The number of benzene rings is 1. The van der Waals surface area contributed by atoms with Gasteiger partial charge in [-0.3, -0.25) is 0 Å². The number of hydrogen-bond acceptors (Lipinski definition) is 5. The monoisotopic (exact) mass is 270 g/mol. The van der Waals surface area contributed by atoms with Gasteiger partial charge in [-0.1, -0.05) is 6.07 Å². The molecule has 104 valence electrons. The molecule has 0 fully saturated rings. The fraction of sp³-hybridized carbons (Fsp3) is 0.267. The highest BCUT2D eigenvalue weighted by atomic mass is 16.3. The lowest BCUT2D eigenvalue weighted by Gasteiger charge is -2.21. The summed E-state index contributed by atoms with van der Waals surface area (Å²) in [6.07, 6.45) is 1.65. The van der Waals surface area contributed by atoms with Crippen LogP contribution in [0.2, 0.25) is 0 Å². The van der Waals surface area contributed by atoms with E-state index < -0.39 is 0 Å². The largest absolute Gasteiger partial charge is 0.506 e. The molecule has 0 saturated carbocycles. The summed E-state index contributed by atoms with van der Waals surface area (Å²) in [4.78, 5) is 6.20. The number of aromatic hydroxyl groups is 1. The number of nitrogens with zero attached hydrogens (tertiary/aromatic N) is 4. The van der Waals surface area contributed by atoms with Crippen LogP contribution >= 0.6 is 0 Å². The van der Waals surface area contributed by atoms with E-state index >= 15 is 0 Å². The van der Waals surface area contributed by atoms with Gasteiger partial charge in [0.15, 0.2) is 5.82 Å². The Balaban J connectivity index is 2.20. The van der Waals surface area contributed by atoms with Crippen molar-refractivity contribution in [3.05, 3.63) is 42.6 Å². The van der Waals surface area contributed by atoms with Crippen LogP contribution in [0.5, 0.6) is 5.75 Å². The molecular formula is C15H18N4O. The second-order valence-electron chi connectivity index (χ2n) is 4.23.